The monoisotopic (exact) mass is 318 g/mol. The summed E-state index contributed by atoms with van der Waals surface area (Å²) in [5.74, 6) is -3.43. The first-order chi connectivity index (χ1) is 10.9. The van der Waals surface area contributed by atoms with E-state index in [1.807, 2.05) is 0 Å². The number of amides is 1. The summed E-state index contributed by atoms with van der Waals surface area (Å²) in [7, 11) is 0. The number of rotatable bonds is 4. The molecule has 2 aliphatic rings. The number of anilines is 1. The molecular formula is C15H14N2O6. The van der Waals surface area contributed by atoms with Crippen LogP contribution in [0.4, 0.5) is 11.4 Å². The molecule has 0 aromatic heterocycles. The third-order valence-electron chi connectivity index (χ3n) is 4.16. The molecule has 0 saturated carbocycles. The van der Waals surface area contributed by atoms with E-state index in [-0.39, 0.29) is 11.4 Å². The molecule has 2 heterocycles. The second-order valence-electron chi connectivity index (χ2n) is 5.59. The SMILES string of the molecule is Cc1ccc(NC(=O)[C@H]2[C@@H](C(=O)O)[C@@H]3C=C[C@@H]2O3)cc1[N+](=O)[O-]. The maximum atomic E-state index is 12.4. The Bertz CT molecular complexity index is 729. The second kappa shape index (κ2) is 5.47. The molecule has 1 fully saturated rings. The van der Waals surface area contributed by atoms with E-state index in [2.05, 4.69) is 5.32 Å². The highest BCUT2D eigenvalue weighted by Crippen LogP contribution is 2.40. The maximum Gasteiger partial charge on any atom is 0.310 e. The molecule has 2 N–H and O–H groups in total. The van der Waals surface area contributed by atoms with Crippen molar-refractivity contribution in [1.82, 2.24) is 0 Å². The number of carbonyl (C=O) groups excluding carboxylic acids is 1. The van der Waals surface area contributed by atoms with Crippen LogP contribution < -0.4 is 5.32 Å². The Morgan fingerprint density at radius 1 is 1.26 bits per heavy atom. The average molecular weight is 318 g/mol. The molecule has 8 nitrogen and oxygen atoms in total. The number of aliphatic carboxylic acids is 1. The third kappa shape index (κ3) is 2.57. The van der Waals surface area contributed by atoms with E-state index in [0.717, 1.165) is 0 Å². The predicted octanol–water partition coefficient (Wildman–Crippen LogP) is 1.50. The van der Waals surface area contributed by atoms with Crippen LogP contribution >= 0.6 is 0 Å². The molecule has 1 saturated heterocycles. The molecule has 4 atom stereocenters. The number of aryl methyl sites for hydroxylation is 1. The van der Waals surface area contributed by atoms with Gasteiger partial charge < -0.3 is 15.2 Å². The minimum absolute atomic E-state index is 0.110. The largest absolute Gasteiger partial charge is 0.481 e. The molecule has 0 aliphatic carbocycles. The maximum absolute atomic E-state index is 12.4. The fraction of sp³-hybridized carbons (Fsp3) is 0.333. The number of carboxylic acids is 1. The Morgan fingerprint density at radius 2 is 1.91 bits per heavy atom. The number of benzene rings is 1. The Labute approximate surface area is 130 Å². The highest BCUT2D eigenvalue weighted by atomic mass is 16.6. The molecule has 1 aromatic rings. The Kier molecular flexibility index (Phi) is 3.61. The standard InChI is InChI=1S/C15H14N2O6/c1-7-2-3-8(6-9(7)17(21)22)16-14(18)12-10-4-5-11(23-10)13(12)15(19)20/h2-6,10-13H,1H3,(H,16,18)(H,19,20)/t10-,11-,12+,13-/m0/s1. The van der Waals surface area contributed by atoms with Gasteiger partial charge in [-0.15, -0.1) is 0 Å². The van der Waals surface area contributed by atoms with Crippen molar-refractivity contribution < 1.29 is 24.4 Å². The lowest BCUT2D eigenvalue weighted by Crippen LogP contribution is -2.39. The Hall–Kier alpha value is -2.74. The second-order valence-corrected chi connectivity index (χ2v) is 5.59. The number of hydrogen-bond acceptors (Lipinski definition) is 5. The lowest BCUT2D eigenvalue weighted by atomic mass is 9.82. The van der Waals surface area contributed by atoms with Crippen LogP contribution in [0.25, 0.3) is 0 Å². The van der Waals surface area contributed by atoms with Crippen LogP contribution in [0.2, 0.25) is 0 Å². The van der Waals surface area contributed by atoms with Crippen LogP contribution in [0.1, 0.15) is 5.56 Å². The lowest BCUT2D eigenvalue weighted by molar-refractivity contribution is -0.385. The van der Waals surface area contributed by atoms with Crippen molar-refractivity contribution in [2.75, 3.05) is 5.32 Å². The number of carboxylic acid groups (broad SMARTS) is 1. The number of ether oxygens (including phenoxy) is 1. The zero-order valence-electron chi connectivity index (χ0n) is 12.1. The smallest absolute Gasteiger partial charge is 0.310 e. The highest BCUT2D eigenvalue weighted by Gasteiger charge is 2.53. The van der Waals surface area contributed by atoms with Crippen LogP contribution in [0.15, 0.2) is 30.4 Å². The summed E-state index contributed by atoms with van der Waals surface area (Å²) in [5.41, 5.74) is 0.618. The molecule has 0 spiro atoms. The number of nitro benzene ring substituents is 1. The van der Waals surface area contributed by atoms with E-state index in [1.165, 1.54) is 12.1 Å². The van der Waals surface area contributed by atoms with Crippen LogP contribution in [0.3, 0.4) is 0 Å². The van der Waals surface area contributed by atoms with Gasteiger partial charge in [0.2, 0.25) is 5.91 Å². The van der Waals surface area contributed by atoms with Gasteiger partial charge in [0.1, 0.15) is 5.92 Å². The van der Waals surface area contributed by atoms with Crippen molar-refractivity contribution in [2.24, 2.45) is 11.8 Å². The van der Waals surface area contributed by atoms with Gasteiger partial charge in [-0.3, -0.25) is 19.7 Å². The van der Waals surface area contributed by atoms with Crippen molar-refractivity contribution in [2.45, 2.75) is 19.1 Å². The van der Waals surface area contributed by atoms with Gasteiger partial charge in [0.05, 0.1) is 23.0 Å². The van der Waals surface area contributed by atoms with Gasteiger partial charge in [-0.2, -0.15) is 0 Å². The van der Waals surface area contributed by atoms with Crippen molar-refractivity contribution in [3.8, 4) is 0 Å². The molecule has 23 heavy (non-hydrogen) atoms. The molecule has 3 rings (SSSR count). The fourth-order valence-corrected chi connectivity index (χ4v) is 3.02. The highest BCUT2D eigenvalue weighted by molar-refractivity contribution is 5.97. The van der Waals surface area contributed by atoms with Gasteiger partial charge >= 0.3 is 5.97 Å². The van der Waals surface area contributed by atoms with Gasteiger partial charge in [0.15, 0.2) is 0 Å². The van der Waals surface area contributed by atoms with E-state index < -0.39 is 40.8 Å². The van der Waals surface area contributed by atoms with Crippen molar-refractivity contribution in [3.05, 3.63) is 46.0 Å². The quantitative estimate of drug-likeness (QED) is 0.493. The molecule has 8 heteroatoms. The molecule has 120 valence electrons. The first-order valence-corrected chi connectivity index (χ1v) is 7.01. The molecule has 1 amide bonds. The van der Waals surface area contributed by atoms with Gasteiger partial charge in [-0.25, -0.2) is 0 Å². The van der Waals surface area contributed by atoms with Gasteiger partial charge in [0, 0.05) is 17.3 Å². The minimum Gasteiger partial charge on any atom is -0.481 e. The number of carbonyl (C=O) groups is 2. The minimum atomic E-state index is -1.10. The summed E-state index contributed by atoms with van der Waals surface area (Å²) in [6.45, 7) is 1.60. The number of nitrogens with one attached hydrogen (secondary N) is 1. The number of nitrogens with zero attached hydrogens (tertiary/aromatic N) is 1. The van der Waals surface area contributed by atoms with Crippen molar-refractivity contribution in [3.63, 3.8) is 0 Å². The zero-order chi connectivity index (χ0) is 16.7. The summed E-state index contributed by atoms with van der Waals surface area (Å²) in [4.78, 5) is 34.2. The van der Waals surface area contributed by atoms with Crippen LogP contribution in [0, 0.1) is 28.9 Å². The Balaban J connectivity index is 1.82. The fourth-order valence-electron chi connectivity index (χ4n) is 3.02. The first kappa shape index (κ1) is 15.2. The van der Waals surface area contributed by atoms with E-state index in [4.69, 9.17) is 4.74 Å². The topological polar surface area (TPSA) is 119 Å². The molecule has 2 bridgehead atoms. The third-order valence-corrected chi connectivity index (χ3v) is 4.16. The summed E-state index contributed by atoms with van der Waals surface area (Å²) < 4.78 is 5.44. The lowest BCUT2D eigenvalue weighted by Gasteiger charge is -2.21. The summed E-state index contributed by atoms with van der Waals surface area (Å²) in [5, 5.41) is 22.8. The Morgan fingerprint density at radius 3 is 2.52 bits per heavy atom. The van der Waals surface area contributed by atoms with Gasteiger partial charge in [-0.05, 0) is 13.0 Å². The molecule has 0 unspecified atom stereocenters. The summed E-state index contributed by atoms with van der Waals surface area (Å²) >= 11 is 0. The van der Waals surface area contributed by atoms with E-state index in [9.17, 15) is 24.8 Å². The normalized spacial score (nSPS) is 27.9. The van der Waals surface area contributed by atoms with Crippen LogP contribution in [-0.2, 0) is 14.3 Å². The van der Waals surface area contributed by atoms with E-state index in [0.29, 0.717) is 5.56 Å². The molecule has 1 aromatic carbocycles. The summed E-state index contributed by atoms with van der Waals surface area (Å²) in [6, 6.07) is 4.33. The van der Waals surface area contributed by atoms with Crippen molar-refractivity contribution >= 4 is 23.3 Å². The number of nitro groups is 1. The molecule has 0 radical (unpaired) electrons. The first-order valence-electron chi connectivity index (χ1n) is 7.01. The zero-order valence-corrected chi connectivity index (χ0v) is 12.1. The van der Waals surface area contributed by atoms with Crippen molar-refractivity contribution in [1.29, 1.82) is 0 Å². The van der Waals surface area contributed by atoms with Crippen LogP contribution in [-0.4, -0.2) is 34.1 Å². The number of hydrogen-bond donors (Lipinski definition) is 2. The van der Waals surface area contributed by atoms with Crippen LogP contribution in [0.5, 0.6) is 0 Å². The van der Waals surface area contributed by atoms with E-state index >= 15 is 0 Å². The summed E-state index contributed by atoms with van der Waals surface area (Å²) in [6.07, 6.45) is 2.12. The van der Waals surface area contributed by atoms with Gasteiger partial charge in [-0.1, -0.05) is 18.2 Å². The average Bonchev–Trinajstić information content (AvgIpc) is 3.09. The number of fused-ring (bicyclic) bond motifs is 2. The molecular weight excluding hydrogens is 304 g/mol. The predicted molar refractivity (Wildman–Crippen MR) is 78.9 cm³/mol. The van der Waals surface area contributed by atoms with Gasteiger partial charge in [0.25, 0.3) is 5.69 Å². The molecule has 2 aliphatic heterocycles. The van der Waals surface area contributed by atoms with E-state index in [1.54, 1.807) is 25.1 Å².